The maximum absolute atomic E-state index is 13.4. The molecular formula is C23H27FN8O2S. The average molecular weight is 499 g/mol. The van der Waals surface area contributed by atoms with Crippen molar-refractivity contribution >= 4 is 28.8 Å². The van der Waals surface area contributed by atoms with E-state index in [2.05, 4.69) is 25.0 Å². The summed E-state index contributed by atoms with van der Waals surface area (Å²) in [5, 5.41) is 12.3. The number of aromatic nitrogens is 5. The first-order chi connectivity index (χ1) is 17.0. The quantitative estimate of drug-likeness (QED) is 0.634. The molecule has 10 nitrogen and oxygen atoms in total. The highest BCUT2D eigenvalue weighted by atomic mass is 32.2. The normalized spacial score (nSPS) is 26.0. The predicted molar refractivity (Wildman–Crippen MR) is 128 cm³/mol. The van der Waals surface area contributed by atoms with E-state index >= 15 is 0 Å². The van der Waals surface area contributed by atoms with Crippen LogP contribution < -0.4 is 10.2 Å². The van der Waals surface area contributed by atoms with Gasteiger partial charge in [-0.1, -0.05) is 6.08 Å². The Labute approximate surface area is 205 Å². The second-order valence-corrected chi connectivity index (χ2v) is 10.9. The zero-order valence-corrected chi connectivity index (χ0v) is 20.3. The Hall–Kier alpha value is -2.99. The van der Waals surface area contributed by atoms with Gasteiger partial charge in [-0.05, 0) is 36.2 Å². The third-order valence-electron chi connectivity index (χ3n) is 7.09. The molecule has 4 aliphatic rings. The van der Waals surface area contributed by atoms with Crippen molar-refractivity contribution in [2.75, 3.05) is 36.1 Å². The fraction of sp³-hybridized carbons (Fsp3) is 0.522. The van der Waals surface area contributed by atoms with Gasteiger partial charge in [0.05, 0.1) is 6.54 Å². The minimum absolute atomic E-state index is 0.0184. The van der Waals surface area contributed by atoms with Crippen LogP contribution in [0.2, 0.25) is 0 Å². The number of piperidine rings is 1. The molecule has 0 aromatic carbocycles. The number of hydrogen-bond acceptors (Lipinski definition) is 8. The summed E-state index contributed by atoms with van der Waals surface area (Å²) in [6.07, 6.45) is 7.35. The van der Waals surface area contributed by atoms with Crippen LogP contribution in [0, 0.1) is 0 Å². The summed E-state index contributed by atoms with van der Waals surface area (Å²) < 4.78 is 28.2. The van der Waals surface area contributed by atoms with E-state index in [9.17, 15) is 13.7 Å². The zero-order valence-electron chi connectivity index (χ0n) is 19.5. The molecule has 0 bridgehead atoms. The molecule has 0 spiro atoms. The SMILES string of the molecule is CN1C[C@@H](Nc2nc(N3CCn4c(nnc4[C@H]4C=CC(F)=CC4)C3)nc3c2[S+]([O-])CC3)CCC1=O. The van der Waals surface area contributed by atoms with Crippen LogP contribution in [0.25, 0.3) is 0 Å². The molecule has 184 valence electrons. The molecule has 6 rings (SSSR count). The fourth-order valence-corrected chi connectivity index (χ4v) is 6.47. The van der Waals surface area contributed by atoms with Gasteiger partial charge < -0.3 is 24.2 Å². The second kappa shape index (κ2) is 8.90. The van der Waals surface area contributed by atoms with Crippen LogP contribution in [0.3, 0.4) is 0 Å². The van der Waals surface area contributed by atoms with E-state index in [0.29, 0.717) is 74.3 Å². The Morgan fingerprint density at radius 3 is 2.91 bits per heavy atom. The van der Waals surface area contributed by atoms with Gasteiger partial charge in [0.25, 0.3) is 0 Å². The number of carbonyl (C=O) groups excluding carboxylic acids is 1. The lowest BCUT2D eigenvalue weighted by Gasteiger charge is -2.31. The van der Waals surface area contributed by atoms with Crippen molar-refractivity contribution in [2.24, 2.45) is 0 Å². The molecule has 1 amide bonds. The molecule has 5 heterocycles. The van der Waals surface area contributed by atoms with Gasteiger partial charge in [0, 0.05) is 51.5 Å². The van der Waals surface area contributed by atoms with Gasteiger partial charge in [-0.25, -0.2) is 9.37 Å². The van der Waals surface area contributed by atoms with Crippen LogP contribution in [-0.2, 0) is 35.5 Å². The minimum Gasteiger partial charge on any atom is -0.611 e. The van der Waals surface area contributed by atoms with Crippen molar-refractivity contribution in [3.8, 4) is 0 Å². The number of hydrogen-bond donors (Lipinski definition) is 1. The number of likely N-dealkylation sites (tertiary alicyclic amines) is 1. The van der Waals surface area contributed by atoms with Crippen molar-refractivity contribution in [3.05, 3.63) is 41.4 Å². The van der Waals surface area contributed by atoms with Crippen LogP contribution in [0.15, 0.2) is 29.0 Å². The third kappa shape index (κ3) is 4.18. The predicted octanol–water partition coefficient (Wildman–Crippen LogP) is 1.68. The standard InChI is InChI=1S/C23H27FN8O2S/c1-30-12-16(6-7-19(30)33)25-21-20-17(8-11-35(20)34)26-23(27-21)31-9-10-32-18(13-31)28-29-22(32)14-2-4-15(24)5-3-14/h2,4-5,14,16H,3,6-13H2,1H3,(H,25,26,27)/t14-,16-,35?/m0/s1. The smallest absolute Gasteiger partial charge is 0.228 e. The number of carbonyl (C=O) groups is 1. The maximum Gasteiger partial charge on any atom is 0.228 e. The van der Waals surface area contributed by atoms with Crippen LogP contribution in [0.1, 0.15) is 42.5 Å². The molecule has 1 aliphatic carbocycles. The fourth-order valence-electron chi connectivity index (χ4n) is 5.16. The van der Waals surface area contributed by atoms with E-state index in [4.69, 9.17) is 9.97 Å². The molecule has 12 heteroatoms. The maximum atomic E-state index is 13.4. The van der Waals surface area contributed by atoms with E-state index < -0.39 is 11.2 Å². The van der Waals surface area contributed by atoms with E-state index in [1.165, 1.54) is 6.08 Å². The Morgan fingerprint density at radius 1 is 1.23 bits per heavy atom. The lowest BCUT2D eigenvalue weighted by Crippen LogP contribution is -2.43. The molecule has 0 saturated carbocycles. The van der Waals surface area contributed by atoms with Gasteiger partial charge in [-0.15, -0.1) is 10.2 Å². The van der Waals surface area contributed by atoms with Gasteiger partial charge in [0.2, 0.25) is 16.8 Å². The van der Waals surface area contributed by atoms with E-state index in [-0.39, 0.29) is 23.7 Å². The second-order valence-electron chi connectivity index (χ2n) is 9.44. The molecule has 1 saturated heterocycles. The lowest BCUT2D eigenvalue weighted by atomic mass is 9.99. The highest BCUT2D eigenvalue weighted by Gasteiger charge is 2.35. The number of anilines is 2. The van der Waals surface area contributed by atoms with Crippen LogP contribution in [0.5, 0.6) is 0 Å². The number of rotatable bonds is 4. The van der Waals surface area contributed by atoms with Crippen LogP contribution >= 0.6 is 0 Å². The van der Waals surface area contributed by atoms with Crippen molar-refractivity contribution in [1.29, 1.82) is 0 Å². The molecule has 2 aromatic heterocycles. The molecular weight excluding hydrogens is 471 g/mol. The van der Waals surface area contributed by atoms with Gasteiger partial charge in [0.1, 0.15) is 23.1 Å². The average Bonchev–Trinajstić information content (AvgIpc) is 3.45. The van der Waals surface area contributed by atoms with Crippen molar-refractivity contribution in [1.82, 2.24) is 29.6 Å². The number of fused-ring (bicyclic) bond motifs is 2. The largest absolute Gasteiger partial charge is 0.611 e. The number of aryl methyl sites for hydroxylation is 1. The summed E-state index contributed by atoms with van der Waals surface area (Å²) >= 11 is -1.13. The van der Waals surface area contributed by atoms with Gasteiger partial charge in [-0.3, -0.25) is 4.79 Å². The first-order valence-corrected chi connectivity index (χ1v) is 13.3. The van der Waals surface area contributed by atoms with Gasteiger partial charge in [-0.2, -0.15) is 4.98 Å². The Morgan fingerprint density at radius 2 is 2.11 bits per heavy atom. The van der Waals surface area contributed by atoms with Crippen molar-refractivity contribution in [2.45, 2.75) is 55.6 Å². The Bertz CT molecular complexity index is 1230. The molecule has 1 unspecified atom stereocenters. The monoisotopic (exact) mass is 498 g/mol. The summed E-state index contributed by atoms with van der Waals surface area (Å²) in [6.45, 7) is 2.46. The summed E-state index contributed by atoms with van der Waals surface area (Å²) in [6, 6.07) is 0.0524. The van der Waals surface area contributed by atoms with E-state index in [0.717, 1.165) is 17.3 Å². The van der Waals surface area contributed by atoms with E-state index in [1.54, 1.807) is 18.0 Å². The Balaban J connectivity index is 1.25. The molecule has 2 aromatic rings. The van der Waals surface area contributed by atoms with Crippen molar-refractivity contribution in [3.63, 3.8) is 0 Å². The molecule has 3 aliphatic heterocycles. The lowest BCUT2D eigenvalue weighted by molar-refractivity contribution is -0.132. The summed E-state index contributed by atoms with van der Waals surface area (Å²) in [5.41, 5.74) is 0.824. The number of allylic oxidation sites excluding steroid dienone is 4. The summed E-state index contributed by atoms with van der Waals surface area (Å²) in [7, 11) is 1.80. The highest BCUT2D eigenvalue weighted by molar-refractivity contribution is 7.91. The molecule has 1 N–H and O–H groups in total. The van der Waals surface area contributed by atoms with Crippen molar-refractivity contribution < 1.29 is 13.7 Å². The molecule has 3 atom stereocenters. The minimum atomic E-state index is -1.13. The number of halogens is 1. The summed E-state index contributed by atoms with van der Waals surface area (Å²) in [4.78, 5) is 26.0. The Kier molecular flexibility index (Phi) is 5.72. The number of nitrogens with zero attached hydrogens (tertiary/aromatic N) is 7. The van der Waals surface area contributed by atoms with Crippen LogP contribution in [0.4, 0.5) is 16.2 Å². The topological polar surface area (TPSA) is 115 Å². The molecule has 1 fully saturated rings. The number of likely N-dealkylation sites (N-methyl/N-ethyl adjacent to an activating group) is 1. The zero-order chi connectivity index (χ0) is 24.1. The number of amides is 1. The first-order valence-electron chi connectivity index (χ1n) is 12.0. The van der Waals surface area contributed by atoms with Crippen LogP contribution in [-0.4, -0.2) is 72.0 Å². The highest BCUT2D eigenvalue weighted by Crippen LogP contribution is 2.34. The van der Waals surface area contributed by atoms with E-state index in [1.807, 2.05) is 6.08 Å². The summed E-state index contributed by atoms with van der Waals surface area (Å²) in [5.74, 6) is 3.37. The molecule has 0 radical (unpaired) electrons. The van der Waals surface area contributed by atoms with Gasteiger partial charge >= 0.3 is 0 Å². The first kappa shape index (κ1) is 22.5. The molecule has 35 heavy (non-hydrogen) atoms. The third-order valence-corrected chi connectivity index (χ3v) is 8.55. The number of nitrogens with one attached hydrogen (secondary N) is 1. The van der Waals surface area contributed by atoms with Gasteiger partial charge in [0.15, 0.2) is 11.6 Å².